The van der Waals surface area contributed by atoms with Gasteiger partial charge >= 0.3 is 0 Å². The van der Waals surface area contributed by atoms with Gasteiger partial charge in [0.15, 0.2) is 0 Å². The predicted octanol–water partition coefficient (Wildman–Crippen LogP) is 13.0. The van der Waals surface area contributed by atoms with E-state index >= 15 is 0 Å². The third-order valence-electron chi connectivity index (χ3n) is 16.7. The van der Waals surface area contributed by atoms with Crippen molar-refractivity contribution in [2.24, 2.45) is 0 Å². The van der Waals surface area contributed by atoms with Crippen molar-refractivity contribution in [2.45, 2.75) is 72.9 Å². The number of rotatable bonds is 15. The maximum Gasteiger partial charge on any atom is 0.267 e. The number of anilines is 3. The summed E-state index contributed by atoms with van der Waals surface area (Å²) in [6, 6.07) is 51.7. The summed E-state index contributed by atoms with van der Waals surface area (Å²) in [4.78, 5) is 94.6. The second-order valence-corrected chi connectivity index (χ2v) is 24.2. The van der Waals surface area contributed by atoms with Crippen LogP contribution in [0.1, 0.15) is 96.1 Å². The van der Waals surface area contributed by atoms with Crippen molar-refractivity contribution in [2.75, 3.05) is 23.5 Å². The number of nitrogens with zero attached hydrogens (tertiary/aromatic N) is 17. The molecule has 0 bridgehead atoms. The molecule has 0 saturated heterocycles. The Morgan fingerprint density at radius 1 is 0.490 bits per heavy atom. The molecule has 14 rings (SSSR count). The molecular formula is C77H65ClN20O4. The zero-order valence-electron chi connectivity index (χ0n) is 56.6. The van der Waals surface area contributed by atoms with Crippen LogP contribution in [-0.2, 0) is 6.42 Å². The lowest BCUT2D eigenvalue weighted by molar-refractivity contribution is 0.398. The molecule has 0 spiro atoms. The highest BCUT2D eigenvalue weighted by Crippen LogP contribution is 2.33. The Labute approximate surface area is 589 Å². The van der Waals surface area contributed by atoms with E-state index in [2.05, 4.69) is 67.6 Å². The highest BCUT2D eigenvalue weighted by Gasteiger charge is 2.26. The van der Waals surface area contributed by atoms with Crippen molar-refractivity contribution in [3.05, 3.63) is 288 Å². The number of hydrogen-bond donors (Lipinski definition) is 3. The Balaban J connectivity index is 0.000000146. The molecule has 102 heavy (non-hydrogen) atoms. The average Bonchev–Trinajstić information content (AvgIpc) is 0.763. The summed E-state index contributed by atoms with van der Waals surface area (Å²) in [7, 11) is 1.56. The maximum atomic E-state index is 14.2. The number of nitrogens with one attached hydrogen (secondary N) is 2. The van der Waals surface area contributed by atoms with Crippen LogP contribution in [0.15, 0.2) is 209 Å². The van der Waals surface area contributed by atoms with Crippen LogP contribution in [0.3, 0.4) is 0 Å². The molecule has 0 aliphatic carbocycles. The average molecular weight is 1370 g/mol. The van der Waals surface area contributed by atoms with Crippen LogP contribution >= 0.6 is 11.6 Å². The smallest absolute Gasteiger partial charge is 0.267 e. The van der Waals surface area contributed by atoms with E-state index in [0.29, 0.717) is 136 Å². The highest BCUT2D eigenvalue weighted by atomic mass is 35.5. The summed E-state index contributed by atoms with van der Waals surface area (Å²) in [6.07, 6.45) is 10.2. The van der Waals surface area contributed by atoms with Crippen LogP contribution in [0.25, 0.3) is 72.0 Å². The molecular weight excluding hydrogens is 1300 g/mol. The van der Waals surface area contributed by atoms with E-state index < -0.39 is 6.04 Å². The molecule has 0 amide bonds. The van der Waals surface area contributed by atoms with Gasteiger partial charge in [-0.05, 0) is 125 Å². The van der Waals surface area contributed by atoms with E-state index in [-0.39, 0.29) is 34.6 Å². The molecule has 25 heteroatoms. The Bertz CT molecular complexity index is 5750. The standard InChI is InChI=1S/C29H24N6O2.C27H22N8O.C21H19ClN6O/c1-18(14-25-21(16-30)17-32-19(2)33-25)28-34-24-11-7-10-23(20-12-13-31-26(15-20)37-3)27(24)29(36)35(28)22-8-5-4-6-9-22;1-16(32-25-19(12-28)13-31-18(3)33-25)26-34-23-11-7-10-22(20-14-29-17(2)30-15-20)24(23)27(36)35(26)21-8-5-4-6-9-21;1-12-11-24-21(23)27-18(12)25-13(2)19-26-16-10-6-9-15(22)17(16)20(29)28(19)14-7-4-3-5-8-14/h4-13,15,17-18H,14H2,1-3H3;4-11,13-16H,1-3H3,(H,31,32,33);3-11,13H,1-2H3,(H3,23,24,25,27)/t18-;;13-/m1.0/s1. The van der Waals surface area contributed by atoms with Crippen LogP contribution in [-0.4, -0.2) is 80.6 Å². The fourth-order valence-corrected chi connectivity index (χ4v) is 12.0. The van der Waals surface area contributed by atoms with Gasteiger partial charge in [-0.1, -0.05) is 103 Å². The SMILES string of the molecule is COc1cc(-c2cccc3nc([C@H](C)Cc4nc(C)ncc4C#N)n(-c4ccccc4)c(=O)c23)ccn1.Cc1cnc(N)nc1N[C@@H](C)c1nc2cccc(Cl)c2c(=O)n1-c1ccccc1.Cc1ncc(-c2cccc3nc(C(C)Nc4nc(C)ncc4C#N)n(-c4ccccc4)c(=O)c23)cn1. The molecule has 0 fully saturated rings. The minimum Gasteiger partial charge on any atom is -0.481 e. The van der Waals surface area contributed by atoms with Gasteiger partial charge in [0.2, 0.25) is 11.8 Å². The molecule has 8 heterocycles. The Kier molecular flexibility index (Phi) is 20.3. The Hall–Kier alpha value is -13.3. The number of methoxy groups -OCH3 is 1. The van der Waals surface area contributed by atoms with Gasteiger partial charge in [0.05, 0.1) is 91.4 Å². The first-order valence-corrected chi connectivity index (χ1v) is 32.7. The number of aryl methyl sites for hydroxylation is 4. The molecule has 0 saturated carbocycles. The number of benzene rings is 6. The predicted molar refractivity (Wildman–Crippen MR) is 393 cm³/mol. The molecule has 14 aromatic rings. The van der Waals surface area contributed by atoms with E-state index in [1.165, 1.54) is 12.4 Å². The molecule has 8 aromatic heterocycles. The molecule has 3 atom stereocenters. The third kappa shape index (κ3) is 14.5. The number of halogens is 1. The first-order valence-electron chi connectivity index (χ1n) is 32.3. The number of para-hydroxylation sites is 3. The highest BCUT2D eigenvalue weighted by molar-refractivity contribution is 6.35. The number of nitrogen functional groups attached to an aromatic ring is 1. The summed E-state index contributed by atoms with van der Waals surface area (Å²) in [5.74, 6) is 4.76. The minimum absolute atomic E-state index is 0.170. The van der Waals surface area contributed by atoms with Crippen molar-refractivity contribution in [1.29, 1.82) is 10.5 Å². The summed E-state index contributed by atoms with van der Waals surface area (Å²) >= 11 is 6.32. The van der Waals surface area contributed by atoms with Gasteiger partial charge in [-0.3, -0.25) is 28.1 Å². The summed E-state index contributed by atoms with van der Waals surface area (Å²) < 4.78 is 10.1. The lowest BCUT2D eigenvalue weighted by Gasteiger charge is -2.21. The maximum absolute atomic E-state index is 14.2. The van der Waals surface area contributed by atoms with Crippen LogP contribution in [0.4, 0.5) is 17.6 Å². The largest absolute Gasteiger partial charge is 0.481 e. The third-order valence-corrected chi connectivity index (χ3v) is 17.0. The van der Waals surface area contributed by atoms with Crippen LogP contribution in [0, 0.1) is 50.4 Å². The number of hydrogen-bond acceptors (Lipinski definition) is 21. The van der Waals surface area contributed by atoms with Crippen molar-refractivity contribution in [3.63, 3.8) is 0 Å². The number of aromatic nitrogens is 15. The van der Waals surface area contributed by atoms with E-state index in [9.17, 15) is 24.9 Å². The summed E-state index contributed by atoms with van der Waals surface area (Å²) in [5.41, 5.74) is 14.1. The van der Waals surface area contributed by atoms with E-state index in [1.807, 2.05) is 168 Å². The summed E-state index contributed by atoms with van der Waals surface area (Å²) in [5, 5.41) is 27.4. The van der Waals surface area contributed by atoms with Crippen LogP contribution in [0.2, 0.25) is 5.02 Å². The number of ether oxygens (including phenoxy) is 1. The molecule has 24 nitrogen and oxygen atoms in total. The normalized spacial score (nSPS) is 11.8. The fraction of sp³-hybridized carbons (Fsp3) is 0.156. The number of fused-ring (bicyclic) bond motifs is 3. The Morgan fingerprint density at radius 3 is 1.51 bits per heavy atom. The van der Waals surface area contributed by atoms with Gasteiger partial charge in [-0.2, -0.15) is 15.5 Å². The van der Waals surface area contributed by atoms with Gasteiger partial charge < -0.3 is 21.1 Å². The van der Waals surface area contributed by atoms with Gasteiger partial charge in [0, 0.05) is 60.5 Å². The molecule has 6 aromatic carbocycles. The number of pyridine rings is 1. The van der Waals surface area contributed by atoms with Gasteiger partial charge in [0.25, 0.3) is 16.7 Å². The van der Waals surface area contributed by atoms with E-state index in [0.717, 1.165) is 22.3 Å². The first-order chi connectivity index (χ1) is 49.4. The van der Waals surface area contributed by atoms with Crippen molar-refractivity contribution >= 4 is 61.9 Å². The molecule has 0 aliphatic heterocycles. The molecule has 0 radical (unpaired) electrons. The second-order valence-electron chi connectivity index (χ2n) is 23.8. The van der Waals surface area contributed by atoms with E-state index in [1.54, 1.807) is 83.7 Å². The van der Waals surface area contributed by atoms with Crippen LogP contribution in [0.5, 0.6) is 5.88 Å². The van der Waals surface area contributed by atoms with Gasteiger partial charge in [-0.15, -0.1) is 0 Å². The monoisotopic (exact) mass is 1370 g/mol. The Morgan fingerprint density at radius 2 is 0.961 bits per heavy atom. The lowest BCUT2D eigenvalue weighted by Crippen LogP contribution is -2.28. The molecule has 1 unspecified atom stereocenters. The van der Waals surface area contributed by atoms with Gasteiger partial charge in [0.1, 0.15) is 64.3 Å². The van der Waals surface area contributed by atoms with Gasteiger partial charge in [-0.25, -0.2) is 54.8 Å². The van der Waals surface area contributed by atoms with Crippen molar-refractivity contribution in [1.82, 2.24) is 73.5 Å². The van der Waals surface area contributed by atoms with Crippen molar-refractivity contribution < 1.29 is 4.74 Å². The minimum atomic E-state index is -0.463. The van der Waals surface area contributed by atoms with E-state index in [4.69, 9.17) is 37.0 Å². The number of nitriles is 2. The second kappa shape index (κ2) is 30.2. The lowest BCUT2D eigenvalue weighted by atomic mass is 9.99. The molecule has 0 aliphatic rings. The summed E-state index contributed by atoms with van der Waals surface area (Å²) in [6.45, 7) is 13.0. The molecule has 4 N–H and O–H groups in total. The van der Waals surface area contributed by atoms with Crippen molar-refractivity contribution in [3.8, 4) is 57.3 Å². The fourth-order valence-electron chi connectivity index (χ4n) is 11.7. The number of nitrogens with two attached hydrogens (primary N) is 1. The zero-order chi connectivity index (χ0) is 71.7. The first kappa shape index (κ1) is 68.6. The zero-order valence-corrected chi connectivity index (χ0v) is 57.4. The molecule has 504 valence electrons. The quantitative estimate of drug-likeness (QED) is 0.0858. The van der Waals surface area contributed by atoms with Crippen LogP contribution < -0.4 is 37.8 Å². The topological polar surface area (TPSA) is 328 Å².